The van der Waals surface area contributed by atoms with Crippen molar-refractivity contribution in [3.63, 3.8) is 0 Å². The highest BCUT2D eigenvalue weighted by atomic mass is 16.2. The maximum Gasteiger partial charge on any atom is 0.254 e. The molecule has 0 atom stereocenters. The van der Waals surface area contributed by atoms with Crippen LogP contribution >= 0.6 is 0 Å². The first kappa shape index (κ1) is 18.9. The number of hydrogen-bond acceptors (Lipinski definition) is 6. The second-order valence-electron chi connectivity index (χ2n) is 7.36. The lowest BCUT2D eigenvalue weighted by atomic mass is 10.1. The monoisotopic (exact) mass is 391 g/mol. The second kappa shape index (κ2) is 7.90. The average molecular weight is 391 g/mol. The smallest absolute Gasteiger partial charge is 0.254 e. The zero-order valence-corrected chi connectivity index (χ0v) is 17.0. The largest absolute Gasteiger partial charge is 0.378 e. The molecule has 0 saturated carbocycles. The first-order valence-corrected chi connectivity index (χ1v) is 9.67. The molecule has 0 aliphatic carbocycles. The quantitative estimate of drug-likeness (QED) is 0.678. The van der Waals surface area contributed by atoms with E-state index in [9.17, 15) is 4.79 Å². The third kappa shape index (κ3) is 4.06. The molecule has 1 aliphatic rings. The minimum atomic E-state index is 0.0729. The number of rotatable bonds is 4. The summed E-state index contributed by atoms with van der Waals surface area (Å²) in [5.74, 6) is 1.66. The Morgan fingerprint density at radius 2 is 1.76 bits per heavy atom. The van der Waals surface area contributed by atoms with E-state index in [0.29, 0.717) is 13.1 Å². The molecule has 0 bridgehead atoms. The number of carbonyl (C=O) groups is 1. The van der Waals surface area contributed by atoms with Crippen molar-refractivity contribution in [3.8, 4) is 5.82 Å². The fraction of sp³-hybridized carbons (Fsp3) is 0.333. The normalized spacial score (nSPS) is 14.2. The summed E-state index contributed by atoms with van der Waals surface area (Å²) in [5, 5.41) is 4.41. The third-order valence-electron chi connectivity index (χ3n) is 5.10. The van der Waals surface area contributed by atoms with Gasteiger partial charge in [0.05, 0.1) is 5.69 Å². The van der Waals surface area contributed by atoms with Crippen LogP contribution in [0.25, 0.3) is 5.82 Å². The lowest BCUT2D eigenvalue weighted by Crippen LogP contribution is -2.49. The number of piperazine rings is 1. The number of amides is 1. The van der Waals surface area contributed by atoms with Gasteiger partial charge in [0.1, 0.15) is 12.1 Å². The van der Waals surface area contributed by atoms with Gasteiger partial charge in [0.25, 0.3) is 5.91 Å². The van der Waals surface area contributed by atoms with Crippen molar-refractivity contribution in [1.82, 2.24) is 24.6 Å². The van der Waals surface area contributed by atoms with Gasteiger partial charge in [-0.15, -0.1) is 0 Å². The standard InChI is InChI=1S/C21H25N7O/c1-16-7-8-28(24-16)20-14-19(22-15-23-20)26-9-11-27(12-10-26)21(29)17-5-4-6-18(13-17)25(2)3/h4-8,13-15H,9-12H2,1-3H3. The molecule has 1 saturated heterocycles. The van der Waals surface area contributed by atoms with Gasteiger partial charge < -0.3 is 14.7 Å². The van der Waals surface area contributed by atoms with E-state index in [1.54, 1.807) is 11.0 Å². The SMILES string of the molecule is Cc1ccn(-c2cc(N3CCN(C(=O)c4cccc(N(C)C)c4)CC3)ncn2)n1. The second-order valence-corrected chi connectivity index (χ2v) is 7.36. The maximum atomic E-state index is 12.9. The van der Waals surface area contributed by atoms with Crippen LogP contribution in [0, 0.1) is 6.92 Å². The van der Waals surface area contributed by atoms with E-state index >= 15 is 0 Å². The Morgan fingerprint density at radius 1 is 1.00 bits per heavy atom. The number of nitrogens with zero attached hydrogens (tertiary/aromatic N) is 7. The van der Waals surface area contributed by atoms with Crippen molar-refractivity contribution in [2.45, 2.75) is 6.92 Å². The highest BCUT2D eigenvalue weighted by Gasteiger charge is 2.23. The van der Waals surface area contributed by atoms with E-state index < -0.39 is 0 Å². The first-order chi connectivity index (χ1) is 14.0. The number of aryl methyl sites for hydroxylation is 1. The van der Waals surface area contributed by atoms with E-state index in [2.05, 4.69) is 20.0 Å². The van der Waals surface area contributed by atoms with Crippen molar-refractivity contribution in [3.05, 3.63) is 60.2 Å². The molecule has 8 heteroatoms. The van der Waals surface area contributed by atoms with Gasteiger partial charge in [-0.25, -0.2) is 14.6 Å². The number of benzene rings is 1. The van der Waals surface area contributed by atoms with Crippen molar-refractivity contribution < 1.29 is 4.79 Å². The molecule has 29 heavy (non-hydrogen) atoms. The minimum Gasteiger partial charge on any atom is -0.378 e. The zero-order valence-electron chi connectivity index (χ0n) is 17.0. The van der Waals surface area contributed by atoms with Crippen LogP contribution in [-0.2, 0) is 0 Å². The predicted molar refractivity (Wildman–Crippen MR) is 113 cm³/mol. The highest BCUT2D eigenvalue weighted by Crippen LogP contribution is 2.19. The van der Waals surface area contributed by atoms with Crippen LogP contribution in [-0.4, -0.2) is 70.8 Å². The van der Waals surface area contributed by atoms with Gasteiger partial charge in [-0.1, -0.05) is 6.07 Å². The molecule has 4 rings (SSSR count). The van der Waals surface area contributed by atoms with Crippen LogP contribution in [0.3, 0.4) is 0 Å². The summed E-state index contributed by atoms with van der Waals surface area (Å²) in [5.41, 5.74) is 2.69. The summed E-state index contributed by atoms with van der Waals surface area (Å²) in [4.78, 5) is 27.7. The van der Waals surface area contributed by atoms with Crippen molar-refractivity contribution in [2.75, 3.05) is 50.1 Å². The molecule has 0 N–H and O–H groups in total. The third-order valence-corrected chi connectivity index (χ3v) is 5.10. The van der Waals surface area contributed by atoms with E-state index in [-0.39, 0.29) is 5.91 Å². The molecular formula is C21H25N7O. The number of aromatic nitrogens is 4. The molecule has 1 amide bonds. The van der Waals surface area contributed by atoms with E-state index in [4.69, 9.17) is 0 Å². The van der Waals surface area contributed by atoms with Gasteiger partial charge in [-0.2, -0.15) is 5.10 Å². The Morgan fingerprint density at radius 3 is 2.45 bits per heavy atom. The predicted octanol–water partition coefficient (Wildman–Crippen LogP) is 2.00. The molecule has 150 valence electrons. The Kier molecular flexibility index (Phi) is 5.16. The Bertz CT molecular complexity index is 1010. The van der Waals surface area contributed by atoms with Crippen molar-refractivity contribution in [2.24, 2.45) is 0 Å². The Hall–Kier alpha value is -3.42. The van der Waals surface area contributed by atoms with E-state index in [0.717, 1.165) is 41.7 Å². The van der Waals surface area contributed by atoms with Gasteiger partial charge in [0.15, 0.2) is 5.82 Å². The van der Waals surface area contributed by atoms with Gasteiger partial charge in [-0.05, 0) is 31.2 Å². The van der Waals surface area contributed by atoms with E-state index in [1.807, 2.05) is 73.4 Å². The van der Waals surface area contributed by atoms with Crippen LogP contribution in [0.5, 0.6) is 0 Å². The van der Waals surface area contributed by atoms with Crippen molar-refractivity contribution >= 4 is 17.4 Å². The Balaban J connectivity index is 1.43. The molecule has 0 radical (unpaired) electrons. The number of hydrogen-bond donors (Lipinski definition) is 0. The fourth-order valence-electron chi connectivity index (χ4n) is 3.42. The maximum absolute atomic E-state index is 12.9. The Labute approximate surface area is 170 Å². The summed E-state index contributed by atoms with van der Waals surface area (Å²) >= 11 is 0. The molecular weight excluding hydrogens is 366 g/mol. The molecule has 0 spiro atoms. The van der Waals surface area contributed by atoms with Crippen molar-refractivity contribution in [1.29, 1.82) is 0 Å². The van der Waals surface area contributed by atoms with Crippen LogP contribution in [0.2, 0.25) is 0 Å². The molecule has 8 nitrogen and oxygen atoms in total. The molecule has 0 unspecified atom stereocenters. The van der Waals surface area contributed by atoms with Gasteiger partial charge in [0.2, 0.25) is 0 Å². The van der Waals surface area contributed by atoms with Gasteiger partial charge >= 0.3 is 0 Å². The molecule has 1 aromatic carbocycles. The number of carbonyl (C=O) groups excluding carboxylic acids is 1. The summed E-state index contributed by atoms with van der Waals surface area (Å²) in [6.07, 6.45) is 3.45. The topological polar surface area (TPSA) is 70.4 Å². The van der Waals surface area contributed by atoms with Gasteiger partial charge in [-0.3, -0.25) is 4.79 Å². The van der Waals surface area contributed by atoms with Gasteiger partial charge in [0, 0.05) is 63.8 Å². The van der Waals surface area contributed by atoms with Crippen LogP contribution in [0.15, 0.2) is 48.9 Å². The molecule has 2 aromatic heterocycles. The minimum absolute atomic E-state index is 0.0729. The van der Waals surface area contributed by atoms with E-state index in [1.165, 1.54) is 0 Å². The molecule has 3 aromatic rings. The first-order valence-electron chi connectivity index (χ1n) is 9.67. The summed E-state index contributed by atoms with van der Waals surface area (Å²) in [6.45, 7) is 4.72. The highest BCUT2D eigenvalue weighted by molar-refractivity contribution is 5.95. The number of anilines is 2. The molecule has 3 heterocycles. The average Bonchev–Trinajstić information content (AvgIpc) is 3.20. The van der Waals surface area contributed by atoms with Crippen LogP contribution in [0.1, 0.15) is 16.1 Å². The molecule has 1 aliphatic heterocycles. The van der Waals surface area contributed by atoms with Crippen LogP contribution < -0.4 is 9.80 Å². The summed E-state index contributed by atoms with van der Waals surface area (Å²) in [7, 11) is 3.95. The lowest BCUT2D eigenvalue weighted by molar-refractivity contribution is 0.0746. The fourth-order valence-corrected chi connectivity index (χ4v) is 3.42. The molecule has 1 fully saturated rings. The lowest BCUT2D eigenvalue weighted by Gasteiger charge is -2.35. The summed E-state index contributed by atoms with van der Waals surface area (Å²) < 4.78 is 1.75. The zero-order chi connectivity index (χ0) is 20.4. The van der Waals surface area contributed by atoms with Crippen LogP contribution in [0.4, 0.5) is 11.5 Å². The summed E-state index contributed by atoms with van der Waals surface area (Å²) in [6, 6.07) is 11.6.